The van der Waals surface area contributed by atoms with Gasteiger partial charge < -0.3 is 32.9 Å². The molecule has 6 heteroatoms. The zero-order valence-corrected chi connectivity index (χ0v) is 16.2. The minimum absolute atomic E-state index is 0.769. The predicted octanol–water partition coefficient (Wildman–Crippen LogP) is 4.97. The summed E-state index contributed by atoms with van der Waals surface area (Å²) in [5, 5.41) is 4.49. The molecule has 2 aromatic heterocycles. The molecule has 4 aromatic carbocycles. The van der Waals surface area contributed by atoms with Gasteiger partial charge in [0.1, 0.15) is 0 Å². The Bertz CT molecular complexity index is 1310. The minimum Gasteiger partial charge on any atom is -0.399 e. The molecular formula is C24H22N6. The van der Waals surface area contributed by atoms with Gasteiger partial charge in [0.15, 0.2) is 0 Å². The molecule has 0 radical (unpaired) electrons. The van der Waals surface area contributed by atoms with Gasteiger partial charge in [-0.1, -0.05) is 0 Å². The van der Waals surface area contributed by atoms with E-state index in [0.717, 1.165) is 66.4 Å². The Labute approximate surface area is 172 Å². The molecular weight excluding hydrogens is 372 g/mol. The van der Waals surface area contributed by atoms with Crippen molar-refractivity contribution in [3.63, 3.8) is 0 Å². The Morgan fingerprint density at radius 3 is 0.833 bits per heavy atom. The molecule has 0 unspecified atom stereocenters. The molecule has 6 nitrogen and oxygen atoms in total. The van der Waals surface area contributed by atoms with Gasteiger partial charge in [0.05, 0.1) is 0 Å². The van der Waals surface area contributed by atoms with E-state index in [4.69, 9.17) is 22.9 Å². The number of nitrogens with two attached hydrogens (primary N) is 4. The fourth-order valence-electron chi connectivity index (χ4n) is 3.86. The fourth-order valence-corrected chi connectivity index (χ4v) is 3.86. The van der Waals surface area contributed by atoms with E-state index in [1.165, 1.54) is 0 Å². The highest BCUT2D eigenvalue weighted by atomic mass is 14.7. The van der Waals surface area contributed by atoms with E-state index in [2.05, 4.69) is 9.97 Å². The van der Waals surface area contributed by atoms with Gasteiger partial charge in [-0.3, -0.25) is 0 Å². The van der Waals surface area contributed by atoms with E-state index >= 15 is 0 Å². The van der Waals surface area contributed by atoms with Crippen molar-refractivity contribution in [2.24, 2.45) is 0 Å². The standard InChI is InChI=1S/2C12H11N3/c2*13-7-1-3-11-9(5-7)10-6-8(14)2-4-12(10)15-11/h2*1-6,15H,13-14H2. The molecule has 10 N–H and O–H groups in total. The Balaban J connectivity index is 0.000000128. The molecule has 6 rings (SSSR count). The van der Waals surface area contributed by atoms with Gasteiger partial charge in [0.2, 0.25) is 0 Å². The van der Waals surface area contributed by atoms with Crippen LogP contribution in [0.3, 0.4) is 0 Å². The average Bonchev–Trinajstić information content (AvgIpc) is 3.26. The zero-order chi connectivity index (χ0) is 20.8. The van der Waals surface area contributed by atoms with Gasteiger partial charge in [-0.25, -0.2) is 0 Å². The highest BCUT2D eigenvalue weighted by Crippen LogP contribution is 2.29. The quantitative estimate of drug-likeness (QED) is 0.203. The lowest BCUT2D eigenvalue weighted by Crippen LogP contribution is -1.83. The maximum Gasteiger partial charge on any atom is 0.0466 e. The van der Waals surface area contributed by atoms with Crippen LogP contribution in [0.5, 0.6) is 0 Å². The van der Waals surface area contributed by atoms with E-state index in [1.54, 1.807) is 0 Å². The first-order valence-corrected chi connectivity index (χ1v) is 9.61. The number of benzene rings is 4. The van der Waals surface area contributed by atoms with E-state index in [-0.39, 0.29) is 0 Å². The van der Waals surface area contributed by atoms with Crippen LogP contribution in [0.1, 0.15) is 0 Å². The van der Waals surface area contributed by atoms with Crippen LogP contribution in [0.2, 0.25) is 0 Å². The summed E-state index contributed by atoms with van der Waals surface area (Å²) < 4.78 is 0. The number of fused-ring (bicyclic) bond motifs is 6. The van der Waals surface area contributed by atoms with Crippen molar-refractivity contribution >= 4 is 66.4 Å². The molecule has 6 aromatic rings. The van der Waals surface area contributed by atoms with Crippen LogP contribution in [0.25, 0.3) is 43.6 Å². The Morgan fingerprint density at radius 1 is 0.367 bits per heavy atom. The second-order valence-electron chi connectivity index (χ2n) is 7.47. The summed E-state index contributed by atoms with van der Waals surface area (Å²) in [7, 11) is 0. The monoisotopic (exact) mass is 394 g/mol. The molecule has 0 aliphatic rings. The normalized spacial score (nSPS) is 11.2. The van der Waals surface area contributed by atoms with Gasteiger partial charge in [-0.2, -0.15) is 0 Å². The Kier molecular flexibility index (Phi) is 3.93. The summed E-state index contributed by atoms with van der Waals surface area (Å²) in [6.07, 6.45) is 0. The maximum absolute atomic E-state index is 5.77. The van der Waals surface area contributed by atoms with Crippen molar-refractivity contribution in [1.82, 2.24) is 9.97 Å². The lowest BCUT2D eigenvalue weighted by atomic mass is 10.1. The molecule has 0 fully saturated rings. The number of hydrogen-bond acceptors (Lipinski definition) is 4. The maximum atomic E-state index is 5.77. The Morgan fingerprint density at radius 2 is 0.600 bits per heavy atom. The van der Waals surface area contributed by atoms with Crippen LogP contribution in [-0.2, 0) is 0 Å². The van der Waals surface area contributed by atoms with E-state index in [1.807, 2.05) is 72.8 Å². The summed E-state index contributed by atoms with van der Waals surface area (Å²) in [6.45, 7) is 0. The summed E-state index contributed by atoms with van der Waals surface area (Å²) >= 11 is 0. The number of aromatic nitrogens is 2. The first-order chi connectivity index (χ1) is 14.5. The van der Waals surface area contributed by atoms with Gasteiger partial charge in [0, 0.05) is 66.4 Å². The van der Waals surface area contributed by atoms with Gasteiger partial charge >= 0.3 is 0 Å². The first kappa shape index (κ1) is 17.8. The van der Waals surface area contributed by atoms with Crippen LogP contribution in [0.15, 0.2) is 72.8 Å². The molecule has 0 bridgehead atoms. The largest absolute Gasteiger partial charge is 0.399 e. The third-order valence-corrected chi connectivity index (χ3v) is 5.29. The number of hydrogen-bond donors (Lipinski definition) is 6. The number of nitrogen functional groups attached to an aromatic ring is 4. The van der Waals surface area contributed by atoms with Crippen LogP contribution >= 0.6 is 0 Å². The van der Waals surface area contributed by atoms with Crippen LogP contribution < -0.4 is 22.9 Å². The molecule has 0 amide bonds. The predicted molar refractivity (Wildman–Crippen MR) is 129 cm³/mol. The van der Waals surface area contributed by atoms with Crippen LogP contribution in [0.4, 0.5) is 22.7 Å². The fraction of sp³-hybridized carbons (Fsp3) is 0. The number of nitrogens with one attached hydrogen (secondary N) is 2. The number of anilines is 4. The molecule has 148 valence electrons. The smallest absolute Gasteiger partial charge is 0.0466 e. The van der Waals surface area contributed by atoms with Crippen molar-refractivity contribution in [2.75, 3.05) is 22.9 Å². The highest BCUT2D eigenvalue weighted by Gasteiger charge is 2.05. The second-order valence-corrected chi connectivity index (χ2v) is 7.47. The molecule has 0 saturated carbocycles. The second kappa shape index (κ2) is 6.63. The minimum atomic E-state index is 0.769. The van der Waals surface area contributed by atoms with E-state index in [0.29, 0.717) is 0 Å². The zero-order valence-electron chi connectivity index (χ0n) is 16.2. The molecule has 0 saturated heterocycles. The lowest BCUT2D eigenvalue weighted by Gasteiger charge is -1.95. The number of H-pyrrole nitrogens is 2. The molecule has 0 atom stereocenters. The molecule has 0 spiro atoms. The van der Waals surface area contributed by atoms with Crippen molar-refractivity contribution in [1.29, 1.82) is 0 Å². The summed E-state index contributed by atoms with van der Waals surface area (Å²) in [6, 6.07) is 23.4. The van der Waals surface area contributed by atoms with E-state index < -0.39 is 0 Å². The van der Waals surface area contributed by atoms with Gasteiger partial charge in [-0.15, -0.1) is 0 Å². The molecule has 30 heavy (non-hydrogen) atoms. The first-order valence-electron chi connectivity index (χ1n) is 9.61. The molecule has 0 aliphatic carbocycles. The Hall–Kier alpha value is -4.32. The van der Waals surface area contributed by atoms with Gasteiger partial charge in [0.25, 0.3) is 0 Å². The van der Waals surface area contributed by atoms with Crippen molar-refractivity contribution < 1.29 is 0 Å². The summed E-state index contributed by atoms with van der Waals surface area (Å²) in [5.74, 6) is 0. The SMILES string of the molecule is Nc1ccc2[nH]c3ccc(N)cc3c2c1.Nc1ccc2[nH]c3ccc(N)cc3c2c1. The van der Waals surface area contributed by atoms with Crippen LogP contribution in [0, 0.1) is 0 Å². The van der Waals surface area contributed by atoms with Crippen molar-refractivity contribution in [3.05, 3.63) is 72.8 Å². The summed E-state index contributed by atoms with van der Waals surface area (Å²) in [5.41, 5.74) is 30.5. The van der Waals surface area contributed by atoms with Gasteiger partial charge in [-0.05, 0) is 72.8 Å². The van der Waals surface area contributed by atoms with Crippen molar-refractivity contribution in [2.45, 2.75) is 0 Å². The third kappa shape index (κ3) is 3.00. The number of aromatic amines is 2. The lowest BCUT2D eigenvalue weighted by molar-refractivity contribution is 1.54. The average molecular weight is 394 g/mol. The number of rotatable bonds is 0. The highest BCUT2D eigenvalue weighted by molar-refractivity contribution is 6.10. The summed E-state index contributed by atoms with van der Waals surface area (Å²) in [4.78, 5) is 6.64. The van der Waals surface area contributed by atoms with Crippen molar-refractivity contribution in [3.8, 4) is 0 Å². The molecule has 0 aliphatic heterocycles. The van der Waals surface area contributed by atoms with Crippen LogP contribution in [-0.4, -0.2) is 9.97 Å². The third-order valence-electron chi connectivity index (χ3n) is 5.29. The topological polar surface area (TPSA) is 136 Å². The molecule has 2 heterocycles. The van der Waals surface area contributed by atoms with E-state index in [9.17, 15) is 0 Å².